The molecule has 1 heterocycles. The summed E-state index contributed by atoms with van der Waals surface area (Å²) in [5, 5.41) is 3.51. The minimum absolute atomic E-state index is 0.603. The number of rotatable bonds is 7. The first-order valence-corrected chi connectivity index (χ1v) is 8.70. The predicted molar refractivity (Wildman–Crippen MR) is 91.5 cm³/mol. The molecule has 0 bridgehead atoms. The van der Waals surface area contributed by atoms with Gasteiger partial charge in [0.2, 0.25) is 0 Å². The molecule has 2 rings (SSSR count). The molecule has 1 fully saturated rings. The van der Waals surface area contributed by atoms with Gasteiger partial charge in [0.15, 0.2) is 0 Å². The van der Waals surface area contributed by atoms with Crippen molar-refractivity contribution in [2.75, 3.05) is 26.2 Å². The summed E-state index contributed by atoms with van der Waals surface area (Å²) in [6, 6.07) is 11.7. The third kappa shape index (κ3) is 5.12. The van der Waals surface area contributed by atoms with Gasteiger partial charge in [-0.15, -0.1) is 0 Å². The van der Waals surface area contributed by atoms with Crippen LogP contribution in [0.2, 0.25) is 0 Å². The summed E-state index contributed by atoms with van der Waals surface area (Å²) in [5.74, 6) is 1.62. The average Bonchev–Trinajstić information content (AvgIpc) is 2.52. The van der Waals surface area contributed by atoms with E-state index in [0.29, 0.717) is 6.04 Å². The van der Waals surface area contributed by atoms with Crippen LogP contribution in [-0.2, 0) is 0 Å². The van der Waals surface area contributed by atoms with Crippen LogP contribution < -0.4 is 5.32 Å². The summed E-state index contributed by atoms with van der Waals surface area (Å²) in [5.41, 5.74) is 1.50. The van der Waals surface area contributed by atoms with Gasteiger partial charge in [-0.25, -0.2) is 0 Å². The lowest BCUT2D eigenvalue weighted by atomic mass is 9.90. The van der Waals surface area contributed by atoms with Crippen molar-refractivity contribution >= 4 is 0 Å². The fraction of sp³-hybridized carbons (Fsp3) is 0.684. The maximum Gasteiger partial charge on any atom is 0.0350 e. The molecule has 118 valence electrons. The molecule has 0 aromatic heterocycles. The van der Waals surface area contributed by atoms with E-state index in [-0.39, 0.29) is 0 Å². The highest BCUT2D eigenvalue weighted by molar-refractivity contribution is 5.19. The number of piperidine rings is 1. The van der Waals surface area contributed by atoms with Crippen molar-refractivity contribution in [1.82, 2.24) is 10.2 Å². The molecule has 1 unspecified atom stereocenters. The lowest BCUT2D eigenvalue weighted by molar-refractivity contribution is 0.117. The summed E-state index contributed by atoms with van der Waals surface area (Å²) in [6.45, 7) is 11.7. The Morgan fingerprint density at radius 2 is 1.81 bits per heavy atom. The second-order valence-electron chi connectivity index (χ2n) is 6.84. The molecule has 2 heteroatoms. The van der Waals surface area contributed by atoms with Gasteiger partial charge in [-0.2, -0.15) is 0 Å². The lowest BCUT2D eigenvalue weighted by Crippen LogP contribution is -2.39. The van der Waals surface area contributed by atoms with Crippen LogP contribution in [0.4, 0.5) is 0 Å². The summed E-state index contributed by atoms with van der Waals surface area (Å²) in [7, 11) is 0. The van der Waals surface area contributed by atoms with Crippen LogP contribution in [0.5, 0.6) is 0 Å². The Labute approximate surface area is 130 Å². The molecule has 1 atom stereocenters. The van der Waals surface area contributed by atoms with Crippen molar-refractivity contribution in [3.8, 4) is 0 Å². The van der Waals surface area contributed by atoms with Crippen LogP contribution in [0.25, 0.3) is 0 Å². The first kappa shape index (κ1) is 16.5. The van der Waals surface area contributed by atoms with E-state index in [2.05, 4.69) is 61.3 Å². The van der Waals surface area contributed by atoms with E-state index >= 15 is 0 Å². The molecule has 1 aromatic carbocycles. The molecule has 0 radical (unpaired) electrons. The summed E-state index contributed by atoms with van der Waals surface area (Å²) in [6.07, 6.45) is 3.95. The van der Waals surface area contributed by atoms with Crippen molar-refractivity contribution in [2.24, 2.45) is 11.8 Å². The minimum atomic E-state index is 0.603. The molecule has 0 spiro atoms. The van der Waals surface area contributed by atoms with E-state index in [1.54, 1.807) is 0 Å². The van der Waals surface area contributed by atoms with E-state index in [9.17, 15) is 0 Å². The monoisotopic (exact) mass is 288 g/mol. The van der Waals surface area contributed by atoms with Crippen molar-refractivity contribution in [1.29, 1.82) is 0 Å². The van der Waals surface area contributed by atoms with Crippen LogP contribution in [0.1, 0.15) is 51.6 Å². The van der Waals surface area contributed by atoms with E-state index in [1.807, 2.05) is 0 Å². The van der Waals surface area contributed by atoms with Crippen molar-refractivity contribution in [3.05, 3.63) is 35.9 Å². The predicted octanol–water partition coefficient (Wildman–Crippen LogP) is 4.10. The third-order valence-corrected chi connectivity index (χ3v) is 4.65. The van der Waals surface area contributed by atoms with Gasteiger partial charge in [0, 0.05) is 6.04 Å². The van der Waals surface area contributed by atoms with E-state index < -0.39 is 0 Å². The summed E-state index contributed by atoms with van der Waals surface area (Å²) < 4.78 is 0. The Hall–Kier alpha value is -0.860. The maximum absolute atomic E-state index is 3.51. The zero-order valence-electron chi connectivity index (χ0n) is 14.0. The van der Waals surface area contributed by atoms with Crippen molar-refractivity contribution in [2.45, 2.75) is 46.1 Å². The van der Waals surface area contributed by atoms with E-state index in [4.69, 9.17) is 0 Å². The van der Waals surface area contributed by atoms with Crippen LogP contribution in [0, 0.1) is 11.8 Å². The number of likely N-dealkylation sites (tertiary alicyclic amines) is 1. The largest absolute Gasteiger partial charge is 0.317 e. The van der Waals surface area contributed by atoms with Crippen molar-refractivity contribution in [3.63, 3.8) is 0 Å². The molecular weight excluding hydrogens is 256 g/mol. The van der Waals surface area contributed by atoms with Gasteiger partial charge in [0.05, 0.1) is 0 Å². The highest BCUT2D eigenvalue weighted by Gasteiger charge is 2.26. The number of hydrogen-bond donors (Lipinski definition) is 1. The second-order valence-corrected chi connectivity index (χ2v) is 6.84. The van der Waals surface area contributed by atoms with Crippen LogP contribution in [-0.4, -0.2) is 31.1 Å². The number of hydrogen-bond acceptors (Lipinski definition) is 2. The molecule has 0 saturated carbocycles. The number of nitrogens with one attached hydrogen (secondary N) is 1. The molecule has 1 aliphatic heterocycles. The SMILES string of the molecule is CCNCC1CCN(C(CC(C)C)c2ccccc2)CC1. The quantitative estimate of drug-likeness (QED) is 0.813. The lowest BCUT2D eigenvalue weighted by Gasteiger charge is -2.38. The first-order valence-electron chi connectivity index (χ1n) is 8.70. The van der Waals surface area contributed by atoms with Gasteiger partial charge in [-0.3, -0.25) is 4.90 Å². The zero-order valence-corrected chi connectivity index (χ0v) is 14.0. The minimum Gasteiger partial charge on any atom is -0.317 e. The fourth-order valence-corrected chi connectivity index (χ4v) is 3.43. The topological polar surface area (TPSA) is 15.3 Å². The van der Waals surface area contributed by atoms with Gasteiger partial charge >= 0.3 is 0 Å². The zero-order chi connectivity index (χ0) is 15.1. The number of benzene rings is 1. The first-order chi connectivity index (χ1) is 10.2. The Morgan fingerprint density at radius 3 is 2.38 bits per heavy atom. The second kappa shape index (κ2) is 8.55. The molecule has 1 N–H and O–H groups in total. The smallest absolute Gasteiger partial charge is 0.0350 e. The summed E-state index contributed by atoms with van der Waals surface area (Å²) >= 11 is 0. The molecule has 0 aliphatic carbocycles. The average molecular weight is 288 g/mol. The molecule has 1 aliphatic rings. The van der Waals surface area contributed by atoms with E-state index in [1.165, 1.54) is 44.5 Å². The highest BCUT2D eigenvalue weighted by Crippen LogP contribution is 2.31. The van der Waals surface area contributed by atoms with E-state index in [0.717, 1.165) is 18.4 Å². The Kier molecular flexibility index (Phi) is 6.72. The standard InChI is InChI=1S/C19H32N2/c1-4-20-15-17-10-12-21(13-11-17)19(14-16(2)3)18-8-6-5-7-9-18/h5-9,16-17,19-20H,4,10-15H2,1-3H3. The van der Waals surface area contributed by atoms with Gasteiger partial charge in [0.25, 0.3) is 0 Å². The molecule has 2 nitrogen and oxygen atoms in total. The highest BCUT2D eigenvalue weighted by atomic mass is 15.2. The van der Waals surface area contributed by atoms with Crippen LogP contribution >= 0.6 is 0 Å². The molecule has 21 heavy (non-hydrogen) atoms. The van der Waals surface area contributed by atoms with Gasteiger partial charge in [0.1, 0.15) is 0 Å². The molecular formula is C19H32N2. The van der Waals surface area contributed by atoms with Crippen LogP contribution in [0.15, 0.2) is 30.3 Å². The van der Waals surface area contributed by atoms with Gasteiger partial charge < -0.3 is 5.32 Å². The molecule has 1 saturated heterocycles. The maximum atomic E-state index is 3.51. The third-order valence-electron chi connectivity index (χ3n) is 4.65. The normalized spacial score (nSPS) is 19.0. The summed E-state index contributed by atoms with van der Waals surface area (Å²) in [4.78, 5) is 2.72. The fourth-order valence-electron chi connectivity index (χ4n) is 3.43. The Morgan fingerprint density at radius 1 is 1.14 bits per heavy atom. The molecule has 0 amide bonds. The Bertz CT molecular complexity index is 380. The number of nitrogens with zero attached hydrogens (tertiary/aromatic N) is 1. The van der Waals surface area contributed by atoms with Gasteiger partial charge in [-0.05, 0) is 62.8 Å². The van der Waals surface area contributed by atoms with Crippen LogP contribution in [0.3, 0.4) is 0 Å². The Balaban J connectivity index is 1.96. The molecule has 1 aromatic rings. The van der Waals surface area contributed by atoms with Crippen molar-refractivity contribution < 1.29 is 0 Å². The van der Waals surface area contributed by atoms with Gasteiger partial charge in [-0.1, -0.05) is 51.1 Å².